The molecule has 3 saturated heterocycles. The average Bonchev–Trinajstić information content (AvgIpc) is 3.64. The normalized spacial score (nSPS) is 36.7. The number of ether oxygens (including phenoxy) is 1. The number of phenols is 1. The highest BCUT2D eigenvalue weighted by Crippen LogP contribution is 2.69. The molecule has 5 fully saturated rings. The maximum atomic E-state index is 13.2. The third kappa shape index (κ3) is 3.56. The van der Waals surface area contributed by atoms with Crippen LogP contribution in [0.4, 0.5) is 0 Å². The van der Waals surface area contributed by atoms with Gasteiger partial charge in [0.25, 0.3) is 0 Å². The summed E-state index contributed by atoms with van der Waals surface area (Å²) in [7, 11) is 0. The number of benzene rings is 2. The molecule has 0 aromatic heterocycles. The maximum absolute atomic E-state index is 13.2. The lowest BCUT2D eigenvalue weighted by molar-refractivity contribution is -0.234. The zero-order chi connectivity index (χ0) is 25.0. The summed E-state index contributed by atoms with van der Waals surface area (Å²) < 4.78 is 6.62. The number of carbonyl (C=O) groups is 1. The summed E-state index contributed by atoms with van der Waals surface area (Å²) >= 11 is 0. The van der Waals surface area contributed by atoms with Crippen LogP contribution in [0.5, 0.6) is 11.5 Å². The first-order valence-electron chi connectivity index (χ1n) is 14.0. The Morgan fingerprint density at radius 1 is 1.10 bits per heavy atom. The monoisotopic (exact) mass is 573 g/mol. The van der Waals surface area contributed by atoms with Crippen LogP contribution in [0.3, 0.4) is 0 Å². The smallest absolute Gasteiger partial charge is 0.221 e. The number of amides is 1. The second-order valence-corrected chi connectivity index (χ2v) is 12.5. The molecule has 2 aromatic rings. The highest BCUT2D eigenvalue weighted by Gasteiger charge is 2.80. The van der Waals surface area contributed by atoms with E-state index in [2.05, 4.69) is 21.6 Å². The Kier molecular flexibility index (Phi) is 6.44. The number of halogens is 2. The Hall–Kier alpha value is -2.03. The van der Waals surface area contributed by atoms with Crippen molar-refractivity contribution in [2.75, 3.05) is 13.1 Å². The molecule has 7 aliphatic rings. The van der Waals surface area contributed by atoms with Crippen molar-refractivity contribution in [3.8, 4) is 11.5 Å². The summed E-state index contributed by atoms with van der Waals surface area (Å²) in [5.41, 5.74) is 1.57. The molecule has 9 rings (SSSR count). The van der Waals surface area contributed by atoms with Gasteiger partial charge in [-0.05, 0) is 68.2 Å². The van der Waals surface area contributed by atoms with Crippen LogP contribution in [0.25, 0.3) is 0 Å². The number of piperidine rings is 3. The van der Waals surface area contributed by atoms with Gasteiger partial charge in [0, 0.05) is 42.7 Å². The number of phenolic OH excluding ortho intramolecular Hbond substituents is 1. The SMILES string of the molecule is Cl.Cl.O=C(C[C@@H]1N[C@@]23CC[C@]1(O)[C@@H]1Oc4c(O)ccc5c4[C@]12CCN(CC1CC1)[C@@H]3C5)NCc1ccccc1. The zero-order valence-corrected chi connectivity index (χ0v) is 23.5. The van der Waals surface area contributed by atoms with Crippen LogP contribution < -0.4 is 15.4 Å². The van der Waals surface area contributed by atoms with E-state index < -0.39 is 17.7 Å². The molecule has 2 aromatic carbocycles. The lowest BCUT2D eigenvalue weighted by Gasteiger charge is -2.73. The Morgan fingerprint density at radius 3 is 2.67 bits per heavy atom. The molecule has 4 N–H and O–H groups in total. The molecule has 2 saturated carbocycles. The molecule has 210 valence electrons. The number of nitrogens with zero attached hydrogens (tertiary/aromatic N) is 1. The van der Waals surface area contributed by atoms with Crippen LogP contribution in [0.1, 0.15) is 55.2 Å². The van der Waals surface area contributed by atoms with Gasteiger partial charge in [-0.2, -0.15) is 0 Å². The quantitative estimate of drug-likeness (QED) is 0.424. The highest BCUT2D eigenvalue weighted by atomic mass is 35.5. The van der Waals surface area contributed by atoms with E-state index in [0.29, 0.717) is 18.7 Å². The Labute approximate surface area is 241 Å². The van der Waals surface area contributed by atoms with Gasteiger partial charge in [-0.25, -0.2) is 0 Å². The Balaban J connectivity index is 0.00000138. The van der Waals surface area contributed by atoms with Crippen molar-refractivity contribution >= 4 is 30.7 Å². The number of aliphatic hydroxyl groups is 1. The fourth-order valence-electron chi connectivity index (χ4n) is 8.94. The van der Waals surface area contributed by atoms with Crippen molar-refractivity contribution in [2.24, 2.45) is 5.92 Å². The van der Waals surface area contributed by atoms with Gasteiger partial charge in [0.15, 0.2) is 11.5 Å². The average molecular weight is 575 g/mol. The summed E-state index contributed by atoms with van der Waals surface area (Å²) in [4.78, 5) is 15.9. The van der Waals surface area contributed by atoms with E-state index in [-0.39, 0.29) is 59.9 Å². The molecule has 7 nitrogen and oxygen atoms in total. The van der Waals surface area contributed by atoms with Crippen LogP contribution in [-0.4, -0.2) is 63.4 Å². The van der Waals surface area contributed by atoms with E-state index in [1.54, 1.807) is 6.07 Å². The van der Waals surface area contributed by atoms with E-state index >= 15 is 0 Å². The van der Waals surface area contributed by atoms with Gasteiger partial charge in [-0.3, -0.25) is 9.69 Å². The fraction of sp³-hybridized carbons (Fsp3) is 0.567. The first-order valence-corrected chi connectivity index (χ1v) is 14.0. The number of aromatic hydroxyl groups is 1. The van der Waals surface area contributed by atoms with Crippen molar-refractivity contribution in [1.29, 1.82) is 0 Å². The largest absolute Gasteiger partial charge is 0.504 e. The van der Waals surface area contributed by atoms with Crippen molar-refractivity contribution in [3.05, 3.63) is 59.2 Å². The molecule has 0 radical (unpaired) electrons. The Morgan fingerprint density at radius 2 is 1.90 bits per heavy atom. The third-order valence-electron chi connectivity index (χ3n) is 10.7. The van der Waals surface area contributed by atoms with Crippen molar-refractivity contribution in [3.63, 3.8) is 0 Å². The minimum Gasteiger partial charge on any atom is -0.504 e. The first-order chi connectivity index (χ1) is 17.9. The molecule has 4 heterocycles. The predicted octanol–water partition coefficient (Wildman–Crippen LogP) is 3.22. The van der Waals surface area contributed by atoms with Gasteiger partial charge < -0.3 is 25.6 Å². The van der Waals surface area contributed by atoms with Crippen LogP contribution in [0.2, 0.25) is 0 Å². The van der Waals surface area contributed by atoms with Crippen LogP contribution in [0.15, 0.2) is 42.5 Å². The molecule has 4 bridgehead atoms. The number of nitrogens with one attached hydrogen (secondary N) is 2. The molecular weight excluding hydrogens is 537 g/mol. The van der Waals surface area contributed by atoms with E-state index in [4.69, 9.17) is 4.74 Å². The van der Waals surface area contributed by atoms with Gasteiger partial charge in [0.2, 0.25) is 5.91 Å². The van der Waals surface area contributed by atoms with Crippen LogP contribution in [-0.2, 0) is 23.2 Å². The van der Waals surface area contributed by atoms with Crippen LogP contribution in [0, 0.1) is 5.92 Å². The standard InChI is InChI=1S/C30H35N3O4.2ClH/c34-21-9-8-20-14-23-30-11-10-29(36,22(32-30)15-24(35)31-16-18-4-2-1-3-5-18)27-28(30,25(20)26(21)37-27)12-13-33(23)17-19-6-7-19;;/h1-5,8-9,19,22-23,27,32,34,36H,6-7,10-17H2,(H,31,35);2*1H/t22-,23+,27+,28+,29+,30+;;/m0../s1. The maximum Gasteiger partial charge on any atom is 0.221 e. The molecule has 4 aliphatic heterocycles. The molecule has 6 atom stereocenters. The van der Waals surface area contributed by atoms with Crippen molar-refractivity contribution in [1.82, 2.24) is 15.5 Å². The topological polar surface area (TPSA) is 94.1 Å². The molecule has 39 heavy (non-hydrogen) atoms. The summed E-state index contributed by atoms with van der Waals surface area (Å²) in [6, 6.07) is 13.6. The molecule has 1 amide bonds. The molecule has 0 unspecified atom stereocenters. The van der Waals surface area contributed by atoms with E-state index in [1.807, 2.05) is 30.3 Å². The summed E-state index contributed by atoms with van der Waals surface area (Å²) in [5, 5.41) is 30.2. The zero-order valence-electron chi connectivity index (χ0n) is 21.9. The van der Waals surface area contributed by atoms with E-state index in [0.717, 1.165) is 49.4 Å². The predicted molar refractivity (Wildman–Crippen MR) is 152 cm³/mol. The highest BCUT2D eigenvalue weighted by molar-refractivity contribution is 5.85. The minimum absolute atomic E-state index is 0. The van der Waals surface area contributed by atoms with Crippen molar-refractivity contribution in [2.45, 2.75) is 86.2 Å². The fourth-order valence-corrected chi connectivity index (χ4v) is 8.94. The second kappa shape index (κ2) is 9.25. The summed E-state index contributed by atoms with van der Waals surface area (Å²) in [6.45, 7) is 2.58. The van der Waals surface area contributed by atoms with Gasteiger partial charge in [-0.1, -0.05) is 36.4 Å². The molecule has 2 spiro atoms. The minimum atomic E-state index is -1.19. The number of hydrogen-bond acceptors (Lipinski definition) is 6. The van der Waals surface area contributed by atoms with Crippen molar-refractivity contribution < 1.29 is 19.7 Å². The number of hydrogen-bond donors (Lipinski definition) is 4. The molecule has 3 aliphatic carbocycles. The summed E-state index contributed by atoms with van der Waals surface area (Å²) in [5.74, 6) is 1.46. The lowest BCUT2D eigenvalue weighted by Crippen LogP contribution is -2.91. The van der Waals surface area contributed by atoms with Gasteiger partial charge in [-0.15, -0.1) is 24.8 Å². The first kappa shape index (κ1) is 27.2. The van der Waals surface area contributed by atoms with Crippen LogP contribution >= 0.6 is 24.8 Å². The number of likely N-dealkylation sites (tertiary alicyclic amines) is 1. The summed E-state index contributed by atoms with van der Waals surface area (Å²) in [6.07, 6.45) is 5.63. The molecular formula is C30H37Cl2N3O4. The third-order valence-corrected chi connectivity index (χ3v) is 10.7. The van der Waals surface area contributed by atoms with Gasteiger partial charge in [0.1, 0.15) is 11.7 Å². The number of carbonyl (C=O) groups excluding carboxylic acids is 1. The lowest BCUT2D eigenvalue weighted by atomic mass is 9.41. The van der Waals surface area contributed by atoms with E-state index in [1.165, 1.54) is 18.4 Å². The van der Waals surface area contributed by atoms with Gasteiger partial charge >= 0.3 is 0 Å². The van der Waals surface area contributed by atoms with Gasteiger partial charge in [0.05, 0.1) is 5.41 Å². The number of fused-ring (bicyclic) bond motifs is 2. The van der Waals surface area contributed by atoms with E-state index in [9.17, 15) is 15.0 Å². The Bertz CT molecular complexity index is 1290. The molecule has 9 heteroatoms. The second-order valence-electron chi connectivity index (χ2n) is 12.5. The number of rotatable bonds is 6.